The molecule has 0 spiro atoms. The quantitative estimate of drug-likeness (QED) is 0.693. The van der Waals surface area contributed by atoms with Gasteiger partial charge < -0.3 is 15.4 Å². The Labute approximate surface area is 163 Å². The molecule has 0 unspecified atom stereocenters. The monoisotopic (exact) mass is 379 g/mol. The number of carbonyl (C=O) groups excluding carboxylic acids is 2. The van der Waals surface area contributed by atoms with Gasteiger partial charge in [0.05, 0.1) is 13.2 Å². The number of ether oxygens (including phenoxy) is 1. The molecule has 1 heterocycles. The zero-order chi connectivity index (χ0) is 18.9. The van der Waals surface area contributed by atoms with Crippen LogP contribution in [0.3, 0.4) is 0 Å². The molecule has 0 aromatic rings. The van der Waals surface area contributed by atoms with Crippen LogP contribution in [0.4, 0.5) is 0 Å². The second-order valence-electron chi connectivity index (χ2n) is 8.49. The van der Waals surface area contributed by atoms with Crippen LogP contribution < -0.4 is 10.6 Å². The average molecular weight is 380 g/mol. The van der Waals surface area contributed by atoms with E-state index in [1.165, 1.54) is 25.7 Å². The molecular formula is C21H37N3O3. The molecule has 2 aliphatic carbocycles. The summed E-state index contributed by atoms with van der Waals surface area (Å²) in [6.07, 6.45) is 10.7. The van der Waals surface area contributed by atoms with Crippen molar-refractivity contribution in [3.05, 3.63) is 0 Å². The van der Waals surface area contributed by atoms with Crippen molar-refractivity contribution in [3.63, 3.8) is 0 Å². The van der Waals surface area contributed by atoms with Gasteiger partial charge in [-0.1, -0.05) is 25.7 Å². The van der Waals surface area contributed by atoms with Crippen LogP contribution in [0.15, 0.2) is 0 Å². The highest BCUT2D eigenvalue weighted by atomic mass is 16.5. The molecule has 2 amide bonds. The highest BCUT2D eigenvalue weighted by Crippen LogP contribution is 2.29. The molecule has 0 bridgehead atoms. The van der Waals surface area contributed by atoms with E-state index < -0.39 is 0 Å². The number of hydrogen-bond donors (Lipinski definition) is 2. The van der Waals surface area contributed by atoms with Crippen molar-refractivity contribution < 1.29 is 14.3 Å². The van der Waals surface area contributed by atoms with Crippen LogP contribution in [0.1, 0.15) is 64.2 Å². The zero-order valence-corrected chi connectivity index (χ0v) is 16.7. The van der Waals surface area contributed by atoms with Crippen LogP contribution in [0, 0.1) is 11.8 Å². The molecule has 1 saturated heterocycles. The zero-order valence-electron chi connectivity index (χ0n) is 16.7. The van der Waals surface area contributed by atoms with E-state index in [9.17, 15) is 9.59 Å². The van der Waals surface area contributed by atoms with Gasteiger partial charge in [-0.15, -0.1) is 0 Å². The van der Waals surface area contributed by atoms with E-state index in [1.807, 2.05) is 0 Å². The molecule has 2 N–H and O–H groups in total. The maximum absolute atomic E-state index is 12.6. The van der Waals surface area contributed by atoms with Gasteiger partial charge in [0.15, 0.2) is 0 Å². The maximum atomic E-state index is 12.6. The molecule has 0 aromatic carbocycles. The van der Waals surface area contributed by atoms with Crippen molar-refractivity contribution >= 4 is 11.8 Å². The molecule has 1 aliphatic heterocycles. The van der Waals surface area contributed by atoms with E-state index in [0.29, 0.717) is 12.6 Å². The first kappa shape index (κ1) is 20.6. The predicted octanol–water partition coefficient (Wildman–Crippen LogP) is 2.08. The standard InChI is InChI=1S/C21H37N3O3/c25-20(22-11-12-24-13-15-27-16-14-24)17-7-9-18(10-8-17)21(26)23-19-5-3-1-2-4-6-19/h17-19H,1-16H2,(H,22,25)(H,23,26). The Hall–Kier alpha value is -1.14. The Kier molecular flexibility index (Phi) is 8.39. The number of amides is 2. The third-order valence-electron chi connectivity index (χ3n) is 6.50. The minimum atomic E-state index is 0.0802. The van der Waals surface area contributed by atoms with Gasteiger partial charge in [0.1, 0.15) is 0 Å². The van der Waals surface area contributed by atoms with Crippen LogP contribution >= 0.6 is 0 Å². The summed E-state index contributed by atoms with van der Waals surface area (Å²) in [6, 6.07) is 0.376. The molecule has 3 aliphatic rings. The Morgan fingerprint density at radius 1 is 0.815 bits per heavy atom. The fourth-order valence-electron chi connectivity index (χ4n) is 4.67. The first-order valence-corrected chi connectivity index (χ1v) is 11.1. The summed E-state index contributed by atoms with van der Waals surface area (Å²) in [6.45, 7) is 5.10. The van der Waals surface area contributed by atoms with Gasteiger partial charge in [0.2, 0.25) is 11.8 Å². The molecule has 6 heteroatoms. The van der Waals surface area contributed by atoms with Crippen LogP contribution in [-0.2, 0) is 14.3 Å². The van der Waals surface area contributed by atoms with E-state index in [-0.39, 0.29) is 23.7 Å². The summed E-state index contributed by atoms with van der Waals surface area (Å²) in [7, 11) is 0. The number of rotatable bonds is 6. The number of carbonyl (C=O) groups is 2. The second-order valence-corrected chi connectivity index (χ2v) is 8.49. The summed E-state index contributed by atoms with van der Waals surface area (Å²) < 4.78 is 5.34. The van der Waals surface area contributed by atoms with Crippen LogP contribution in [0.25, 0.3) is 0 Å². The van der Waals surface area contributed by atoms with Crippen molar-refractivity contribution in [1.82, 2.24) is 15.5 Å². The molecule has 3 rings (SSSR count). The highest BCUT2D eigenvalue weighted by molar-refractivity contribution is 5.81. The van der Waals surface area contributed by atoms with Gasteiger partial charge >= 0.3 is 0 Å². The number of nitrogens with one attached hydrogen (secondary N) is 2. The number of morpholine rings is 1. The summed E-state index contributed by atoms with van der Waals surface area (Å²) in [4.78, 5) is 27.3. The first-order valence-electron chi connectivity index (χ1n) is 11.1. The van der Waals surface area contributed by atoms with Crippen LogP contribution in [0.2, 0.25) is 0 Å². The average Bonchev–Trinajstić information content (AvgIpc) is 2.97. The fraction of sp³-hybridized carbons (Fsp3) is 0.905. The SMILES string of the molecule is O=C(NCCN1CCOCC1)C1CCC(C(=O)NC2CCCCCC2)CC1. The van der Waals surface area contributed by atoms with Gasteiger partial charge in [-0.05, 0) is 38.5 Å². The van der Waals surface area contributed by atoms with Crippen molar-refractivity contribution in [2.45, 2.75) is 70.3 Å². The Bertz CT molecular complexity index is 463. The largest absolute Gasteiger partial charge is 0.379 e. The summed E-state index contributed by atoms with van der Waals surface area (Å²) >= 11 is 0. The number of hydrogen-bond acceptors (Lipinski definition) is 4. The first-order chi connectivity index (χ1) is 13.2. The lowest BCUT2D eigenvalue weighted by atomic mass is 9.81. The molecule has 3 fully saturated rings. The van der Waals surface area contributed by atoms with Gasteiger partial charge in [0.25, 0.3) is 0 Å². The van der Waals surface area contributed by atoms with Gasteiger partial charge in [-0.2, -0.15) is 0 Å². The second kappa shape index (κ2) is 11.0. The maximum Gasteiger partial charge on any atom is 0.223 e. The molecule has 27 heavy (non-hydrogen) atoms. The summed E-state index contributed by atoms with van der Waals surface area (Å²) in [5, 5.41) is 6.38. The third-order valence-corrected chi connectivity index (χ3v) is 6.50. The van der Waals surface area contributed by atoms with Crippen molar-refractivity contribution in [1.29, 1.82) is 0 Å². The molecule has 0 aromatic heterocycles. The summed E-state index contributed by atoms with van der Waals surface area (Å²) in [5.41, 5.74) is 0. The molecule has 0 radical (unpaired) electrons. The topological polar surface area (TPSA) is 70.7 Å². The minimum Gasteiger partial charge on any atom is -0.379 e. The van der Waals surface area contributed by atoms with Crippen molar-refractivity contribution in [2.24, 2.45) is 11.8 Å². The normalized spacial score (nSPS) is 28.3. The van der Waals surface area contributed by atoms with E-state index in [4.69, 9.17) is 4.74 Å². The van der Waals surface area contributed by atoms with E-state index in [2.05, 4.69) is 15.5 Å². The molecule has 2 saturated carbocycles. The molecule has 0 atom stereocenters. The minimum absolute atomic E-state index is 0.0802. The lowest BCUT2D eigenvalue weighted by molar-refractivity contribution is -0.131. The predicted molar refractivity (Wildman–Crippen MR) is 105 cm³/mol. The van der Waals surface area contributed by atoms with Crippen LogP contribution in [-0.4, -0.2) is 62.1 Å². The highest BCUT2D eigenvalue weighted by Gasteiger charge is 2.30. The molecule has 6 nitrogen and oxygen atoms in total. The fourth-order valence-corrected chi connectivity index (χ4v) is 4.67. The van der Waals surface area contributed by atoms with E-state index in [0.717, 1.165) is 71.4 Å². The Morgan fingerprint density at radius 3 is 2.04 bits per heavy atom. The third kappa shape index (κ3) is 6.75. The van der Waals surface area contributed by atoms with E-state index in [1.54, 1.807) is 0 Å². The lowest BCUT2D eigenvalue weighted by Crippen LogP contribution is -2.43. The smallest absolute Gasteiger partial charge is 0.223 e. The van der Waals surface area contributed by atoms with Gasteiger partial charge in [-0.3, -0.25) is 14.5 Å². The van der Waals surface area contributed by atoms with Gasteiger partial charge in [0, 0.05) is 44.1 Å². The van der Waals surface area contributed by atoms with Gasteiger partial charge in [-0.25, -0.2) is 0 Å². The Morgan fingerprint density at radius 2 is 1.41 bits per heavy atom. The Balaban J connectivity index is 1.31. The molecule has 154 valence electrons. The van der Waals surface area contributed by atoms with Crippen molar-refractivity contribution in [3.8, 4) is 0 Å². The molecular weight excluding hydrogens is 342 g/mol. The van der Waals surface area contributed by atoms with Crippen LogP contribution in [0.5, 0.6) is 0 Å². The summed E-state index contributed by atoms with van der Waals surface area (Å²) in [5.74, 6) is 0.584. The van der Waals surface area contributed by atoms with E-state index >= 15 is 0 Å². The lowest BCUT2D eigenvalue weighted by Gasteiger charge is -2.29. The number of nitrogens with zero attached hydrogens (tertiary/aromatic N) is 1. The van der Waals surface area contributed by atoms with Crippen molar-refractivity contribution in [2.75, 3.05) is 39.4 Å².